The number of aliphatic hydroxyl groups excluding tert-OH is 1. The van der Waals surface area contributed by atoms with E-state index in [0.29, 0.717) is 13.0 Å². The zero-order valence-corrected chi connectivity index (χ0v) is 12.2. The topological polar surface area (TPSA) is 58.6 Å². The van der Waals surface area contributed by atoms with E-state index in [1.165, 1.54) is 5.56 Å². The van der Waals surface area contributed by atoms with Crippen molar-refractivity contribution in [1.82, 2.24) is 5.32 Å². The second kappa shape index (κ2) is 6.27. The molecular formula is C16H23NO3. The minimum Gasteiger partial charge on any atom is -0.493 e. The summed E-state index contributed by atoms with van der Waals surface area (Å²) in [6.45, 7) is 4.42. The molecule has 1 aliphatic rings. The number of hydrogen-bond donors (Lipinski definition) is 2. The number of nitrogens with one attached hydrogen (secondary N) is 1. The number of amides is 1. The van der Waals surface area contributed by atoms with Crippen molar-refractivity contribution in [2.45, 2.75) is 45.1 Å². The van der Waals surface area contributed by atoms with Gasteiger partial charge in [0.1, 0.15) is 5.75 Å². The third-order valence-electron chi connectivity index (χ3n) is 3.94. The molecule has 4 nitrogen and oxygen atoms in total. The Morgan fingerprint density at radius 1 is 1.40 bits per heavy atom. The van der Waals surface area contributed by atoms with E-state index in [4.69, 9.17) is 4.74 Å². The van der Waals surface area contributed by atoms with Crippen LogP contribution in [0.2, 0.25) is 0 Å². The lowest BCUT2D eigenvalue weighted by molar-refractivity contribution is -0.125. The molecule has 0 unspecified atom stereocenters. The molecule has 0 bridgehead atoms. The van der Waals surface area contributed by atoms with Gasteiger partial charge in [-0.25, -0.2) is 0 Å². The molecule has 2 rings (SSSR count). The summed E-state index contributed by atoms with van der Waals surface area (Å²) in [5.41, 5.74) is 1.91. The van der Waals surface area contributed by atoms with Gasteiger partial charge in [-0.3, -0.25) is 4.79 Å². The van der Waals surface area contributed by atoms with Gasteiger partial charge in [0, 0.05) is 0 Å². The quantitative estimate of drug-likeness (QED) is 0.837. The molecule has 1 amide bonds. The van der Waals surface area contributed by atoms with Crippen LogP contribution in [0.4, 0.5) is 0 Å². The molecule has 0 aliphatic heterocycles. The standard InChI is InChI=1S/C16H23NO3/c1-12-4-5-14(13(2)10-12)20-9-6-15(19)17-16(11-18)7-3-8-16/h4-5,10,18H,3,6-9,11H2,1-2H3,(H,17,19). The summed E-state index contributed by atoms with van der Waals surface area (Å²) in [7, 11) is 0. The van der Waals surface area contributed by atoms with Crippen molar-refractivity contribution < 1.29 is 14.6 Å². The number of aryl methyl sites for hydroxylation is 2. The van der Waals surface area contributed by atoms with Crippen molar-refractivity contribution in [3.8, 4) is 5.75 Å². The zero-order chi connectivity index (χ0) is 14.6. The predicted octanol–water partition coefficient (Wildman–Crippen LogP) is 2.10. The fourth-order valence-electron chi connectivity index (χ4n) is 2.50. The van der Waals surface area contributed by atoms with Crippen molar-refractivity contribution in [3.05, 3.63) is 29.3 Å². The lowest BCUT2D eigenvalue weighted by Crippen LogP contribution is -2.56. The molecule has 0 spiro atoms. The van der Waals surface area contributed by atoms with Crippen molar-refractivity contribution in [2.24, 2.45) is 0 Å². The van der Waals surface area contributed by atoms with Crippen LogP contribution in [0.25, 0.3) is 0 Å². The smallest absolute Gasteiger partial charge is 0.223 e. The molecule has 0 aromatic heterocycles. The van der Waals surface area contributed by atoms with E-state index in [1.54, 1.807) is 0 Å². The molecule has 1 aromatic rings. The number of aliphatic hydroxyl groups is 1. The first-order valence-corrected chi connectivity index (χ1v) is 7.17. The van der Waals surface area contributed by atoms with Crippen LogP contribution in [0.3, 0.4) is 0 Å². The van der Waals surface area contributed by atoms with Crippen molar-refractivity contribution >= 4 is 5.91 Å². The van der Waals surface area contributed by atoms with Gasteiger partial charge in [0.2, 0.25) is 5.91 Å². The first-order chi connectivity index (χ1) is 9.54. The molecule has 1 fully saturated rings. The maximum absolute atomic E-state index is 11.8. The number of ether oxygens (including phenoxy) is 1. The van der Waals surface area contributed by atoms with Crippen molar-refractivity contribution in [1.29, 1.82) is 0 Å². The highest BCUT2D eigenvalue weighted by atomic mass is 16.5. The van der Waals surface area contributed by atoms with Crippen LogP contribution in [-0.2, 0) is 4.79 Å². The first kappa shape index (κ1) is 14.9. The summed E-state index contributed by atoms with van der Waals surface area (Å²) >= 11 is 0. The summed E-state index contributed by atoms with van der Waals surface area (Å²) < 4.78 is 5.64. The van der Waals surface area contributed by atoms with Crippen LogP contribution in [0.5, 0.6) is 5.75 Å². The predicted molar refractivity (Wildman–Crippen MR) is 77.8 cm³/mol. The molecule has 110 valence electrons. The van der Waals surface area contributed by atoms with Gasteiger partial charge < -0.3 is 15.2 Å². The highest BCUT2D eigenvalue weighted by Crippen LogP contribution is 2.31. The summed E-state index contributed by atoms with van der Waals surface area (Å²) in [4.78, 5) is 11.8. The molecule has 4 heteroatoms. The van der Waals surface area contributed by atoms with Gasteiger partial charge >= 0.3 is 0 Å². The SMILES string of the molecule is Cc1ccc(OCCC(=O)NC2(CO)CCC2)c(C)c1. The molecule has 0 radical (unpaired) electrons. The van der Waals surface area contributed by atoms with E-state index in [9.17, 15) is 9.90 Å². The highest BCUT2D eigenvalue weighted by molar-refractivity contribution is 5.77. The molecular weight excluding hydrogens is 254 g/mol. The number of hydrogen-bond acceptors (Lipinski definition) is 3. The molecule has 2 N–H and O–H groups in total. The Morgan fingerprint density at radius 2 is 2.15 bits per heavy atom. The Bertz CT molecular complexity index is 475. The molecule has 1 aromatic carbocycles. The summed E-state index contributed by atoms with van der Waals surface area (Å²) in [6.07, 6.45) is 3.12. The number of carbonyl (C=O) groups excluding carboxylic acids is 1. The monoisotopic (exact) mass is 277 g/mol. The van der Waals surface area contributed by atoms with Crippen molar-refractivity contribution in [2.75, 3.05) is 13.2 Å². The molecule has 0 saturated heterocycles. The molecule has 1 aliphatic carbocycles. The van der Waals surface area contributed by atoms with E-state index >= 15 is 0 Å². The first-order valence-electron chi connectivity index (χ1n) is 7.17. The maximum atomic E-state index is 11.8. The zero-order valence-electron chi connectivity index (χ0n) is 12.2. The summed E-state index contributed by atoms with van der Waals surface area (Å²) in [6, 6.07) is 5.99. The van der Waals surface area contributed by atoms with E-state index in [-0.39, 0.29) is 18.1 Å². The Labute approximate surface area is 120 Å². The third kappa shape index (κ3) is 3.51. The van der Waals surface area contributed by atoms with Gasteiger partial charge in [-0.2, -0.15) is 0 Å². The number of rotatable bonds is 6. The van der Waals surface area contributed by atoms with Gasteiger partial charge in [0.15, 0.2) is 0 Å². The van der Waals surface area contributed by atoms with Gasteiger partial charge in [-0.05, 0) is 44.7 Å². The fraction of sp³-hybridized carbons (Fsp3) is 0.562. The maximum Gasteiger partial charge on any atom is 0.223 e. The molecule has 0 atom stereocenters. The van der Waals surface area contributed by atoms with Crippen LogP contribution >= 0.6 is 0 Å². The van der Waals surface area contributed by atoms with E-state index in [1.807, 2.05) is 26.0 Å². The Hall–Kier alpha value is -1.55. The minimum absolute atomic E-state index is 0.0245. The number of benzene rings is 1. The Kier molecular flexibility index (Phi) is 4.65. The lowest BCUT2D eigenvalue weighted by Gasteiger charge is -2.40. The highest BCUT2D eigenvalue weighted by Gasteiger charge is 2.37. The van der Waals surface area contributed by atoms with Gasteiger partial charge in [-0.1, -0.05) is 17.7 Å². The van der Waals surface area contributed by atoms with Gasteiger partial charge in [0.25, 0.3) is 0 Å². The van der Waals surface area contributed by atoms with Crippen LogP contribution in [0, 0.1) is 13.8 Å². The second-order valence-electron chi connectivity index (χ2n) is 5.71. The molecule has 20 heavy (non-hydrogen) atoms. The average Bonchev–Trinajstić information content (AvgIpc) is 2.36. The van der Waals surface area contributed by atoms with Crippen LogP contribution in [0.15, 0.2) is 18.2 Å². The summed E-state index contributed by atoms with van der Waals surface area (Å²) in [5, 5.41) is 12.2. The third-order valence-corrected chi connectivity index (χ3v) is 3.94. The Balaban J connectivity index is 1.76. The van der Waals surface area contributed by atoms with Gasteiger partial charge in [0.05, 0.1) is 25.2 Å². The largest absolute Gasteiger partial charge is 0.493 e. The molecule has 1 saturated carbocycles. The summed E-state index contributed by atoms with van der Waals surface area (Å²) in [5.74, 6) is 0.771. The van der Waals surface area contributed by atoms with E-state index in [0.717, 1.165) is 30.6 Å². The number of carbonyl (C=O) groups is 1. The normalized spacial score (nSPS) is 16.4. The van der Waals surface area contributed by atoms with Crippen LogP contribution in [0.1, 0.15) is 36.8 Å². The second-order valence-corrected chi connectivity index (χ2v) is 5.71. The van der Waals surface area contributed by atoms with Crippen LogP contribution < -0.4 is 10.1 Å². The fourth-order valence-corrected chi connectivity index (χ4v) is 2.50. The molecule has 0 heterocycles. The average molecular weight is 277 g/mol. The lowest BCUT2D eigenvalue weighted by atomic mass is 9.77. The van der Waals surface area contributed by atoms with E-state index in [2.05, 4.69) is 11.4 Å². The Morgan fingerprint density at radius 3 is 2.70 bits per heavy atom. The minimum atomic E-state index is -0.364. The van der Waals surface area contributed by atoms with E-state index < -0.39 is 0 Å². The van der Waals surface area contributed by atoms with Crippen LogP contribution in [-0.4, -0.2) is 29.8 Å². The van der Waals surface area contributed by atoms with Gasteiger partial charge in [-0.15, -0.1) is 0 Å². The van der Waals surface area contributed by atoms with Crippen molar-refractivity contribution in [3.63, 3.8) is 0 Å².